The molecule has 0 amide bonds. The quantitative estimate of drug-likeness (QED) is 0.745. The van der Waals surface area contributed by atoms with Crippen molar-refractivity contribution in [2.24, 2.45) is 5.73 Å². The molecule has 146 valence electrons. The van der Waals surface area contributed by atoms with Gasteiger partial charge >= 0.3 is 0 Å². The van der Waals surface area contributed by atoms with Crippen molar-refractivity contribution in [1.82, 2.24) is 9.29 Å². The lowest BCUT2D eigenvalue weighted by atomic mass is 10.1. The van der Waals surface area contributed by atoms with Gasteiger partial charge in [-0.3, -0.25) is 0 Å². The van der Waals surface area contributed by atoms with Gasteiger partial charge in [-0.05, 0) is 19.5 Å². The molecule has 2 rings (SSSR count). The number of aryl methyl sites for hydroxylation is 1. The number of nitriles is 1. The highest BCUT2D eigenvalue weighted by Gasteiger charge is 2.17. The minimum atomic E-state index is -1.07. The number of nitrogens with one attached hydrogen (secondary N) is 1. The highest BCUT2D eigenvalue weighted by molar-refractivity contribution is 7.82. The monoisotopic (exact) mass is 420 g/mol. The number of ether oxygens (including phenoxy) is 1. The molecule has 9 heteroatoms. The van der Waals surface area contributed by atoms with E-state index in [0.717, 1.165) is 16.5 Å². The van der Waals surface area contributed by atoms with Crippen LogP contribution in [0.4, 0.5) is 0 Å². The molecule has 1 aromatic heterocycles. The minimum Gasteiger partial charge on any atom is -0.478 e. The van der Waals surface area contributed by atoms with Gasteiger partial charge in [0.25, 0.3) is 0 Å². The molecular formula is C17H26Cl2N4O2S. The van der Waals surface area contributed by atoms with Crippen molar-refractivity contribution in [3.05, 3.63) is 27.9 Å². The smallest absolute Gasteiger partial charge is 0.174 e. The van der Waals surface area contributed by atoms with Crippen molar-refractivity contribution in [2.45, 2.75) is 27.3 Å². The lowest BCUT2D eigenvalue weighted by molar-refractivity contribution is 0.372. The lowest BCUT2D eigenvalue weighted by Crippen LogP contribution is -2.20. The van der Waals surface area contributed by atoms with Crippen molar-refractivity contribution in [2.75, 3.05) is 26.5 Å². The summed E-state index contributed by atoms with van der Waals surface area (Å²) < 4.78 is 21.3. The van der Waals surface area contributed by atoms with Crippen LogP contribution in [0.2, 0.25) is 10.0 Å². The first-order valence-electron chi connectivity index (χ1n) is 8.07. The molecule has 0 radical (unpaired) electrons. The number of aromatic nitrogens is 1. The van der Waals surface area contributed by atoms with Crippen LogP contribution in [-0.2, 0) is 17.5 Å². The van der Waals surface area contributed by atoms with Crippen LogP contribution in [0, 0.1) is 18.3 Å². The number of rotatable bonds is 6. The van der Waals surface area contributed by atoms with E-state index in [1.54, 1.807) is 12.3 Å². The van der Waals surface area contributed by atoms with E-state index in [1.807, 2.05) is 37.6 Å². The Bertz CT molecular complexity index is 772. The second kappa shape index (κ2) is 13.0. The zero-order chi connectivity index (χ0) is 20.3. The number of halogens is 2. The molecule has 3 N–H and O–H groups in total. The molecule has 0 bridgehead atoms. The second-order valence-electron chi connectivity index (χ2n) is 4.69. The predicted molar refractivity (Wildman–Crippen MR) is 111 cm³/mol. The Morgan fingerprint density at radius 2 is 2.00 bits per heavy atom. The van der Waals surface area contributed by atoms with Crippen LogP contribution in [-0.4, -0.2) is 35.2 Å². The molecule has 0 fully saturated rings. The second-order valence-corrected chi connectivity index (χ2v) is 6.68. The Balaban J connectivity index is 0.00000146. The summed E-state index contributed by atoms with van der Waals surface area (Å²) in [5.41, 5.74) is 6.22. The molecule has 0 saturated carbocycles. The molecule has 0 aliphatic heterocycles. The molecule has 0 aliphatic rings. The summed E-state index contributed by atoms with van der Waals surface area (Å²) in [5.74, 6) is 0.536. The van der Waals surface area contributed by atoms with Crippen LogP contribution in [0.15, 0.2) is 12.3 Å². The summed E-state index contributed by atoms with van der Waals surface area (Å²) in [6, 6.07) is 3.56. The first-order chi connectivity index (χ1) is 12.5. The van der Waals surface area contributed by atoms with E-state index < -0.39 is 11.0 Å². The lowest BCUT2D eigenvalue weighted by Gasteiger charge is -2.11. The largest absolute Gasteiger partial charge is 0.478 e. The van der Waals surface area contributed by atoms with Gasteiger partial charge in [0.15, 0.2) is 6.61 Å². The fourth-order valence-corrected chi connectivity index (χ4v) is 3.14. The van der Waals surface area contributed by atoms with Gasteiger partial charge in [-0.1, -0.05) is 37.0 Å². The Morgan fingerprint density at radius 3 is 2.54 bits per heavy atom. The third-order valence-electron chi connectivity index (χ3n) is 3.14. The predicted octanol–water partition coefficient (Wildman–Crippen LogP) is 3.64. The van der Waals surface area contributed by atoms with Crippen molar-refractivity contribution >= 4 is 45.1 Å². The first kappa shape index (κ1) is 24.7. The minimum absolute atomic E-state index is 0.0615. The Morgan fingerprint density at radius 1 is 1.38 bits per heavy atom. The maximum Gasteiger partial charge on any atom is 0.174 e. The molecule has 0 saturated heterocycles. The van der Waals surface area contributed by atoms with E-state index >= 15 is 0 Å². The number of benzene rings is 1. The zero-order valence-corrected chi connectivity index (χ0v) is 18.1. The summed E-state index contributed by atoms with van der Waals surface area (Å²) in [6.45, 7) is 6.99. The van der Waals surface area contributed by atoms with Crippen LogP contribution in [0.1, 0.15) is 19.4 Å². The fourth-order valence-electron chi connectivity index (χ4n) is 2.31. The molecular weight excluding hydrogens is 395 g/mol. The van der Waals surface area contributed by atoms with Crippen LogP contribution >= 0.6 is 23.2 Å². The van der Waals surface area contributed by atoms with E-state index in [1.165, 1.54) is 7.05 Å². The Hall–Kier alpha value is -1.30. The van der Waals surface area contributed by atoms with Gasteiger partial charge in [-0.25, -0.2) is 8.93 Å². The summed E-state index contributed by atoms with van der Waals surface area (Å²) in [6.07, 6.45) is 3.52. The van der Waals surface area contributed by atoms with E-state index in [9.17, 15) is 4.21 Å². The molecule has 26 heavy (non-hydrogen) atoms. The molecule has 0 aliphatic carbocycles. The van der Waals surface area contributed by atoms with Crippen molar-refractivity contribution in [3.63, 3.8) is 0 Å². The first-order valence-corrected chi connectivity index (χ1v) is 10.4. The number of nitrogens with zero attached hydrogens (tertiary/aromatic N) is 2. The van der Waals surface area contributed by atoms with Crippen LogP contribution in [0.5, 0.6) is 5.75 Å². The van der Waals surface area contributed by atoms with Gasteiger partial charge in [-0.2, -0.15) is 5.26 Å². The van der Waals surface area contributed by atoms with E-state index in [-0.39, 0.29) is 6.61 Å². The van der Waals surface area contributed by atoms with Crippen molar-refractivity contribution in [1.29, 1.82) is 5.26 Å². The van der Waals surface area contributed by atoms with Gasteiger partial charge in [-0.15, -0.1) is 0 Å². The standard InChI is InChI=1S/C14H15Cl2N3O2S.C2H6.CH5N/c1-9-8-19(5-4-18-22(2)20)14-12(9)11(21-6-3-17)7-10(15)13(14)16;2*1-2/h7-8,18H,4-6H2,1-2H3;1-2H3;2H2,1H3. The zero-order valence-electron chi connectivity index (χ0n) is 15.7. The Kier molecular flexibility index (Phi) is 12.3. The molecule has 1 atom stereocenters. The van der Waals surface area contributed by atoms with Gasteiger partial charge < -0.3 is 15.0 Å². The molecule has 6 nitrogen and oxygen atoms in total. The molecule has 1 unspecified atom stereocenters. The molecule has 0 spiro atoms. The normalized spacial score (nSPS) is 10.9. The summed E-state index contributed by atoms with van der Waals surface area (Å²) in [7, 11) is 0.432. The van der Waals surface area contributed by atoms with Crippen molar-refractivity contribution in [3.8, 4) is 11.8 Å². The van der Waals surface area contributed by atoms with Gasteiger partial charge in [0, 0.05) is 37.0 Å². The van der Waals surface area contributed by atoms with E-state index in [4.69, 9.17) is 33.2 Å². The summed E-state index contributed by atoms with van der Waals surface area (Å²) in [4.78, 5) is 0. The third kappa shape index (κ3) is 6.45. The van der Waals surface area contributed by atoms with Crippen LogP contribution in [0.25, 0.3) is 10.9 Å². The van der Waals surface area contributed by atoms with Gasteiger partial charge in [0.2, 0.25) is 0 Å². The van der Waals surface area contributed by atoms with Crippen molar-refractivity contribution < 1.29 is 8.95 Å². The van der Waals surface area contributed by atoms with Gasteiger partial charge in [0.1, 0.15) is 11.8 Å². The molecule has 2 aromatic rings. The van der Waals surface area contributed by atoms with Crippen LogP contribution in [0.3, 0.4) is 0 Å². The molecule has 1 heterocycles. The summed E-state index contributed by atoms with van der Waals surface area (Å²) >= 11 is 12.5. The van der Waals surface area contributed by atoms with E-state index in [0.29, 0.717) is 28.9 Å². The average Bonchev–Trinajstić information content (AvgIpc) is 2.97. The highest BCUT2D eigenvalue weighted by Crippen LogP contribution is 2.40. The topological polar surface area (TPSA) is 93.1 Å². The third-order valence-corrected chi connectivity index (χ3v) is 4.53. The number of hydrogen-bond donors (Lipinski definition) is 2. The van der Waals surface area contributed by atoms with Gasteiger partial charge in [0.05, 0.1) is 26.5 Å². The average molecular weight is 421 g/mol. The fraction of sp³-hybridized carbons (Fsp3) is 0.471. The number of hydrogen-bond acceptors (Lipinski definition) is 4. The SMILES string of the molecule is CC.CN.Cc1cn(CCNS(C)=O)c2c(Cl)c(Cl)cc(OCC#N)c12. The number of nitrogens with two attached hydrogens (primary N) is 1. The maximum absolute atomic E-state index is 11.1. The highest BCUT2D eigenvalue weighted by atomic mass is 35.5. The molecule has 1 aromatic carbocycles. The number of fused-ring (bicyclic) bond motifs is 1. The maximum atomic E-state index is 11.1. The van der Waals surface area contributed by atoms with Crippen LogP contribution < -0.4 is 15.2 Å². The Labute approximate surface area is 167 Å². The van der Waals surface area contributed by atoms with E-state index in [2.05, 4.69) is 10.5 Å². The summed E-state index contributed by atoms with van der Waals surface area (Å²) in [5, 5.41) is 10.3.